The van der Waals surface area contributed by atoms with Crippen molar-refractivity contribution in [2.24, 2.45) is 46.1 Å². The minimum absolute atomic E-state index is 0.00143. The zero-order valence-electron chi connectivity index (χ0n) is 23.1. The van der Waals surface area contributed by atoms with Gasteiger partial charge >= 0.3 is 5.97 Å². The van der Waals surface area contributed by atoms with Gasteiger partial charge in [-0.15, -0.1) is 0 Å². The molecule has 2 N–H and O–H groups in total. The Morgan fingerprint density at radius 2 is 1.85 bits per heavy atom. The molecule has 7 heteroatoms. The molecule has 1 aromatic rings. The number of rotatable bonds is 6. The molecule has 0 aromatic heterocycles. The van der Waals surface area contributed by atoms with Crippen LogP contribution in [0.4, 0.5) is 0 Å². The number of nitrogens with zero attached hydrogens (tertiary/aromatic N) is 1. The Hall–Kier alpha value is -1.73. The highest BCUT2D eigenvalue weighted by atomic mass is 32.1. The van der Waals surface area contributed by atoms with Gasteiger partial charge in [-0.05, 0) is 135 Å². The average molecular weight is 554 g/mol. The molecule has 8 rings (SSSR count). The van der Waals surface area contributed by atoms with Gasteiger partial charge in [-0.1, -0.05) is 18.1 Å². The molecule has 1 aromatic carbocycles. The van der Waals surface area contributed by atoms with Crippen LogP contribution in [-0.4, -0.2) is 46.0 Å². The summed E-state index contributed by atoms with van der Waals surface area (Å²) < 4.78 is 5.61. The van der Waals surface area contributed by atoms with Crippen molar-refractivity contribution in [2.75, 3.05) is 13.2 Å². The molecular formula is C32H43NO5S. The van der Waals surface area contributed by atoms with Crippen LogP contribution in [0, 0.1) is 40.9 Å². The molecule has 0 spiro atoms. The van der Waals surface area contributed by atoms with E-state index >= 15 is 0 Å². The molecule has 0 unspecified atom stereocenters. The lowest BCUT2D eigenvalue weighted by atomic mass is 9.51. The van der Waals surface area contributed by atoms with Crippen molar-refractivity contribution in [2.45, 2.75) is 94.3 Å². The second kappa shape index (κ2) is 9.68. The number of aromatic hydroxyl groups is 1. The molecule has 0 amide bonds. The lowest BCUT2D eigenvalue weighted by molar-refractivity contribution is -0.150. The van der Waals surface area contributed by atoms with Crippen molar-refractivity contribution in [1.29, 1.82) is 0 Å². The SMILES string of the molecule is C[C@]12CC[C@@H]3c4ccc(O)cc4C(=NOCC(=O)OCCC4(S)C5CC6CC(C5)CC4C6)C[C@H]3[C@@H]1CC[C@@H]2O. The molecule has 0 radical (unpaired) electrons. The molecule has 6 nitrogen and oxygen atoms in total. The number of oxime groups is 1. The van der Waals surface area contributed by atoms with Gasteiger partial charge in [0, 0.05) is 10.3 Å². The Morgan fingerprint density at radius 3 is 2.59 bits per heavy atom. The number of carbonyl (C=O) groups excluding carboxylic acids is 1. The molecule has 4 bridgehead atoms. The Balaban J connectivity index is 0.992. The standard InChI is InChI=1S/C32H43NO5S/c1-31-7-6-24-23-3-2-22(34)15-26(23)28(16-25(24)27(31)4-5-29(31)35)33-38-17-30(36)37-9-8-32(39)20-11-18-10-19(13-20)14-21(32)12-18/h2-3,15,18-21,24-25,27,29,34-35,39H,4-14,16-17H2,1H3/t18?,19?,20?,21?,24-,25-,27+,29+,31+,32?/m1/s1. The monoisotopic (exact) mass is 553 g/mol. The lowest BCUT2D eigenvalue weighted by Gasteiger charge is -2.59. The van der Waals surface area contributed by atoms with Crippen molar-refractivity contribution < 1.29 is 24.6 Å². The molecular weight excluding hydrogens is 510 g/mol. The Kier molecular flexibility index (Phi) is 6.50. The van der Waals surface area contributed by atoms with E-state index in [1.807, 2.05) is 6.07 Å². The average Bonchev–Trinajstić information content (AvgIpc) is 3.21. The van der Waals surface area contributed by atoms with Crippen molar-refractivity contribution in [3.05, 3.63) is 29.3 Å². The first-order valence-corrected chi connectivity index (χ1v) is 15.8. The zero-order valence-corrected chi connectivity index (χ0v) is 24.0. The van der Waals surface area contributed by atoms with Gasteiger partial charge in [-0.3, -0.25) is 0 Å². The number of phenolic OH excluding ortho intramolecular Hbond substituents is 1. The number of esters is 1. The molecule has 0 saturated heterocycles. The van der Waals surface area contributed by atoms with Gasteiger partial charge in [0.05, 0.1) is 18.4 Å². The predicted octanol–water partition coefficient (Wildman–Crippen LogP) is 5.85. The van der Waals surface area contributed by atoms with Crippen LogP contribution in [0.5, 0.6) is 5.75 Å². The number of hydrogen-bond acceptors (Lipinski definition) is 7. The van der Waals surface area contributed by atoms with E-state index in [-0.39, 0.29) is 28.6 Å². The van der Waals surface area contributed by atoms with Gasteiger partial charge in [0.15, 0.2) is 0 Å². The molecule has 6 saturated carbocycles. The van der Waals surface area contributed by atoms with Gasteiger partial charge in [0.25, 0.3) is 0 Å². The van der Waals surface area contributed by atoms with E-state index in [0.29, 0.717) is 36.2 Å². The van der Waals surface area contributed by atoms with E-state index in [0.717, 1.165) is 61.6 Å². The number of ether oxygens (including phenoxy) is 1. The smallest absolute Gasteiger partial charge is 0.347 e. The van der Waals surface area contributed by atoms with Crippen molar-refractivity contribution >= 4 is 24.3 Å². The number of benzene rings is 1. The third-order valence-electron chi connectivity index (χ3n) is 12.2. The predicted molar refractivity (Wildman–Crippen MR) is 152 cm³/mol. The number of aliphatic hydroxyl groups is 1. The molecule has 0 heterocycles. The number of aliphatic hydroxyl groups excluding tert-OH is 1. The first kappa shape index (κ1) is 26.2. The largest absolute Gasteiger partial charge is 0.508 e. The van der Waals surface area contributed by atoms with Crippen LogP contribution in [0.1, 0.15) is 94.6 Å². The summed E-state index contributed by atoms with van der Waals surface area (Å²) in [4.78, 5) is 18.2. The quantitative estimate of drug-likeness (QED) is 0.234. The van der Waals surface area contributed by atoms with Gasteiger partial charge < -0.3 is 19.8 Å². The van der Waals surface area contributed by atoms with E-state index in [4.69, 9.17) is 22.2 Å². The minimum Gasteiger partial charge on any atom is -0.508 e. The summed E-state index contributed by atoms with van der Waals surface area (Å²) in [6.07, 6.45) is 11.8. The van der Waals surface area contributed by atoms with Crippen molar-refractivity contribution in [3.8, 4) is 5.75 Å². The van der Waals surface area contributed by atoms with Gasteiger partial charge in [-0.2, -0.15) is 12.6 Å². The Bertz CT molecular complexity index is 1140. The molecule has 7 aliphatic carbocycles. The number of carbonyl (C=O) groups is 1. The zero-order chi connectivity index (χ0) is 26.9. The van der Waals surface area contributed by atoms with E-state index < -0.39 is 5.97 Å². The highest BCUT2D eigenvalue weighted by Gasteiger charge is 2.56. The maximum Gasteiger partial charge on any atom is 0.347 e. The maximum absolute atomic E-state index is 12.6. The van der Waals surface area contributed by atoms with Crippen molar-refractivity contribution in [1.82, 2.24) is 0 Å². The third-order valence-corrected chi connectivity index (χ3v) is 13.2. The summed E-state index contributed by atoms with van der Waals surface area (Å²) in [7, 11) is 0. The molecule has 7 aliphatic rings. The molecule has 212 valence electrons. The summed E-state index contributed by atoms with van der Waals surface area (Å²) in [6, 6.07) is 5.56. The lowest BCUT2D eigenvalue weighted by Crippen LogP contribution is -2.55. The van der Waals surface area contributed by atoms with E-state index in [1.165, 1.54) is 37.7 Å². The van der Waals surface area contributed by atoms with Gasteiger partial charge in [0.1, 0.15) is 5.75 Å². The second-order valence-electron chi connectivity index (χ2n) is 14.1. The van der Waals surface area contributed by atoms with E-state index in [2.05, 4.69) is 12.1 Å². The van der Waals surface area contributed by atoms with E-state index in [9.17, 15) is 15.0 Å². The van der Waals surface area contributed by atoms with Crippen LogP contribution in [0.2, 0.25) is 0 Å². The fourth-order valence-corrected chi connectivity index (χ4v) is 10.9. The van der Waals surface area contributed by atoms with Crippen LogP contribution >= 0.6 is 12.6 Å². The second-order valence-corrected chi connectivity index (χ2v) is 14.9. The number of phenols is 1. The normalized spacial score (nSPS) is 44.5. The van der Waals surface area contributed by atoms with Gasteiger partial charge in [-0.25, -0.2) is 4.79 Å². The van der Waals surface area contributed by atoms with E-state index in [1.54, 1.807) is 12.1 Å². The summed E-state index contributed by atoms with van der Waals surface area (Å²) in [5.74, 6) is 4.13. The van der Waals surface area contributed by atoms with Crippen LogP contribution in [-0.2, 0) is 14.4 Å². The minimum atomic E-state index is -0.394. The van der Waals surface area contributed by atoms with Crippen LogP contribution in [0.3, 0.4) is 0 Å². The fourth-order valence-electron chi connectivity index (χ4n) is 10.4. The number of hydrogen-bond donors (Lipinski definition) is 3. The van der Waals surface area contributed by atoms with Crippen molar-refractivity contribution in [3.63, 3.8) is 0 Å². The molecule has 5 atom stereocenters. The summed E-state index contributed by atoms with van der Waals surface area (Å²) in [6.45, 7) is 2.41. The summed E-state index contributed by atoms with van der Waals surface area (Å²) >= 11 is 5.20. The Morgan fingerprint density at radius 1 is 1.10 bits per heavy atom. The third kappa shape index (κ3) is 4.32. The highest BCUT2D eigenvalue weighted by Crippen LogP contribution is 2.62. The summed E-state index contributed by atoms with van der Waals surface area (Å²) in [5, 5.41) is 25.4. The fraction of sp³-hybridized carbons (Fsp3) is 0.750. The number of thiol groups is 1. The number of fused-ring (bicyclic) bond motifs is 5. The van der Waals surface area contributed by atoms with Gasteiger partial charge in [0.2, 0.25) is 6.61 Å². The maximum atomic E-state index is 12.6. The van der Waals surface area contributed by atoms with Crippen LogP contribution < -0.4 is 0 Å². The topological polar surface area (TPSA) is 88.4 Å². The molecule has 39 heavy (non-hydrogen) atoms. The van der Waals surface area contributed by atoms with Crippen LogP contribution in [0.25, 0.3) is 0 Å². The summed E-state index contributed by atoms with van der Waals surface area (Å²) in [5.41, 5.74) is 2.86. The van der Waals surface area contributed by atoms with Crippen LogP contribution in [0.15, 0.2) is 23.4 Å². The first-order chi connectivity index (χ1) is 18.7. The molecule has 6 fully saturated rings. The first-order valence-electron chi connectivity index (χ1n) is 15.3. The highest BCUT2D eigenvalue weighted by molar-refractivity contribution is 7.81. The Labute approximate surface area is 237 Å². The molecule has 0 aliphatic heterocycles.